The van der Waals surface area contributed by atoms with Crippen LogP contribution < -0.4 is 0 Å². The molecule has 0 fully saturated rings. The molecule has 40 heavy (non-hydrogen) atoms. The predicted molar refractivity (Wildman–Crippen MR) is 173 cm³/mol. The molecule has 0 saturated carbocycles. The third kappa shape index (κ3) is 26.9. The molecule has 232 valence electrons. The van der Waals surface area contributed by atoms with Crippen LogP contribution in [0.25, 0.3) is 0 Å². The number of benzene rings is 1. The normalized spacial score (nSPS) is 11.2. The van der Waals surface area contributed by atoms with Gasteiger partial charge in [-0.3, -0.25) is 4.79 Å². The molecule has 0 unspecified atom stereocenters. The largest absolute Gasteiger partial charge is 0.466 e. The smallest absolute Gasteiger partial charge is 0.305 e. The average Bonchev–Trinajstić information content (AvgIpc) is 2.97. The van der Waals surface area contributed by atoms with E-state index in [-0.39, 0.29) is 5.97 Å². The maximum absolute atomic E-state index is 11.9. The van der Waals surface area contributed by atoms with Gasteiger partial charge in [0.15, 0.2) is 0 Å². The minimum Gasteiger partial charge on any atom is -0.466 e. The molecule has 0 bridgehead atoms. The third-order valence-electron chi connectivity index (χ3n) is 8.04. The summed E-state index contributed by atoms with van der Waals surface area (Å²) in [6, 6.07) is 10.4. The number of hydrogen-bond donors (Lipinski definition) is 0. The van der Waals surface area contributed by atoms with E-state index in [0.29, 0.717) is 13.0 Å². The molecule has 0 aromatic heterocycles. The standard InChI is InChI=1S/C37H66O3/c1-2-3-4-5-6-7-8-9-10-11-12-15-18-21-27-32-37(38)40-34-29-23-20-17-14-13-16-19-22-28-33-39-35-36-30-25-24-26-31-36/h24-26,30-31H,2-23,27-29,32-35H2,1H3. The summed E-state index contributed by atoms with van der Waals surface area (Å²) >= 11 is 0. The molecule has 3 heteroatoms. The first-order chi connectivity index (χ1) is 19.8. The van der Waals surface area contributed by atoms with Gasteiger partial charge < -0.3 is 9.47 Å². The number of unbranched alkanes of at least 4 members (excludes halogenated alkanes) is 23. The summed E-state index contributed by atoms with van der Waals surface area (Å²) in [5.74, 6) is 0.0140. The summed E-state index contributed by atoms with van der Waals surface area (Å²) in [6.07, 6.45) is 33.5. The summed E-state index contributed by atoms with van der Waals surface area (Å²) in [7, 11) is 0. The fourth-order valence-electron chi connectivity index (χ4n) is 5.38. The number of esters is 1. The lowest BCUT2D eigenvalue weighted by Crippen LogP contribution is -2.05. The van der Waals surface area contributed by atoms with Crippen LogP contribution in [-0.2, 0) is 20.9 Å². The Bertz CT molecular complexity index is 630. The number of carbonyl (C=O) groups is 1. The van der Waals surface area contributed by atoms with Gasteiger partial charge >= 0.3 is 5.97 Å². The number of rotatable bonds is 31. The van der Waals surface area contributed by atoms with Gasteiger partial charge in [-0.15, -0.1) is 0 Å². The summed E-state index contributed by atoms with van der Waals surface area (Å²) < 4.78 is 11.2. The number of ether oxygens (including phenoxy) is 2. The quantitative estimate of drug-likeness (QED) is 0.0671. The van der Waals surface area contributed by atoms with Crippen molar-refractivity contribution in [3.05, 3.63) is 35.9 Å². The van der Waals surface area contributed by atoms with E-state index in [1.807, 2.05) is 6.07 Å². The van der Waals surface area contributed by atoms with Crippen LogP contribution in [-0.4, -0.2) is 19.2 Å². The Balaban J connectivity index is 1.68. The molecule has 0 aliphatic carbocycles. The molecule has 0 aliphatic rings. The maximum atomic E-state index is 11.9. The van der Waals surface area contributed by atoms with Crippen LogP contribution >= 0.6 is 0 Å². The van der Waals surface area contributed by atoms with Crippen LogP contribution in [0.1, 0.15) is 179 Å². The van der Waals surface area contributed by atoms with Gasteiger partial charge in [0.05, 0.1) is 13.2 Å². The van der Waals surface area contributed by atoms with Gasteiger partial charge in [0, 0.05) is 13.0 Å². The average molecular weight is 559 g/mol. The zero-order valence-electron chi connectivity index (χ0n) is 26.6. The lowest BCUT2D eigenvalue weighted by molar-refractivity contribution is -0.143. The van der Waals surface area contributed by atoms with Crippen LogP contribution in [0.15, 0.2) is 30.3 Å². The summed E-state index contributed by atoms with van der Waals surface area (Å²) in [4.78, 5) is 11.9. The molecule has 0 N–H and O–H groups in total. The van der Waals surface area contributed by atoms with Gasteiger partial charge in [0.2, 0.25) is 0 Å². The van der Waals surface area contributed by atoms with E-state index < -0.39 is 0 Å². The zero-order valence-corrected chi connectivity index (χ0v) is 26.6. The second-order valence-corrected chi connectivity index (χ2v) is 12.0. The third-order valence-corrected chi connectivity index (χ3v) is 8.04. The van der Waals surface area contributed by atoms with Crippen molar-refractivity contribution in [3.8, 4) is 0 Å². The van der Waals surface area contributed by atoms with Crippen molar-refractivity contribution >= 4 is 5.97 Å². The molecule has 0 spiro atoms. The number of carbonyl (C=O) groups excluding carboxylic acids is 1. The molecule has 1 aromatic rings. The molecule has 0 heterocycles. The van der Waals surface area contributed by atoms with E-state index in [1.54, 1.807) is 0 Å². The molecular weight excluding hydrogens is 492 g/mol. The van der Waals surface area contributed by atoms with E-state index >= 15 is 0 Å². The SMILES string of the molecule is CCCCCCCCCCCCCCCCCC(=O)OCCCCCCCCCCCCOCc1ccccc1. The summed E-state index contributed by atoms with van der Waals surface area (Å²) in [5, 5.41) is 0. The minimum absolute atomic E-state index is 0.0140. The van der Waals surface area contributed by atoms with Crippen molar-refractivity contribution in [2.24, 2.45) is 0 Å². The van der Waals surface area contributed by atoms with Crippen molar-refractivity contribution in [2.45, 2.75) is 180 Å². The lowest BCUT2D eigenvalue weighted by atomic mass is 10.0. The van der Waals surface area contributed by atoms with Gasteiger partial charge in [0.25, 0.3) is 0 Å². The van der Waals surface area contributed by atoms with Crippen LogP contribution in [0.5, 0.6) is 0 Å². The highest BCUT2D eigenvalue weighted by Crippen LogP contribution is 2.14. The van der Waals surface area contributed by atoms with Gasteiger partial charge in [0.1, 0.15) is 0 Å². The van der Waals surface area contributed by atoms with Gasteiger partial charge in [-0.25, -0.2) is 0 Å². The van der Waals surface area contributed by atoms with Crippen molar-refractivity contribution in [3.63, 3.8) is 0 Å². The monoisotopic (exact) mass is 559 g/mol. The van der Waals surface area contributed by atoms with Crippen molar-refractivity contribution in [2.75, 3.05) is 13.2 Å². The van der Waals surface area contributed by atoms with Gasteiger partial charge in [-0.1, -0.05) is 179 Å². The Morgan fingerprint density at radius 1 is 0.500 bits per heavy atom. The van der Waals surface area contributed by atoms with E-state index in [2.05, 4.69) is 31.2 Å². The molecule has 3 nitrogen and oxygen atoms in total. The molecule has 0 amide bonds. The van der Waals surface area contributed by atoms with E-state index in [0.717, 1.165) is 26.1 Å². The highest BCUT2D eigenvalue weighted by Gasteiger charge is 2.03. The fourth-order valence-corrected chi connectivity index (χ4v) is 5.38. The highest BCUT2D eigenvalue weighted by atomic mass is 16.5. The van der Waals surface area contributed by atoms with Crippen molar-refractivity contribution in [1.29, 1.82) is 0 Å². The Morgan fingerprint density at radius 2 is 0.900 bits per heavy atom. The first-order valence-electron chi connectivity index (χ1n) is 17.6. The van der Waals surface area contributed by atoms with Crippen molar-refractivity contribution in [1.82, 2.24) is 0 Å². The Hall–Kier alpha value is -1.35. The molecule has 1 rings (SSSR count). The molecule has 0 atom stereocenters. The predicted octanol–water partition coefficient (Wildman–Crippen LogP) is 11.9. The van der Waals surface area contributed by atoms with Gasteiger partial charge in [-0.2, -0.15) is 0 Å². The molecule has 0 aliphatic heterocycles. The summed E-state index contributed by atoms with van der Waals surface area (Å²) in [5.41, 5.74) is 1.26. The van der Waals surface area contributed by atoms with Crippen LogP contribution in [0.3, 0.4) is 0 Å². The van der Waals surface area contributed by atoms with E-state index in [9.17, 15) is 4.79 Å². The van der Waals surface area contributed by atoms with Crippen LogP contribution in [0.4, 0.5) is 0 Å². The second kappa shape index (κ2) is 30.6. The maximum Gasteiger partial charge on any atom is 0.305 e. The first-order valence-corrected chi connectivity index (χ1v) is 17.6. The molecule has 0 saturated heterocycles. The van der Waals surface area contributed by atoms with E-state index in [4.69, 9.17) is 9.47 Å². The highest BCUT2D eigenvalue weighted by molar-refractivity contribution is 5.69. The zero-order chi connectivity index (χ0) is 28.6. The topological polar surface area (TPSA) is 35.5 Å². The van der Waals surface area contributed by atoms with E-state index in [1.165, 1.54) is 153 Å². The summed E-state index contributed by atoms with van der Waals surface area (Å²) in [6.45, 7) is 4.51. The Labute approximate surface area is 249 Å². The Kier molecular flexibility index (Phi) is 28.1. The van der Waals surface area contributed by atoms with Crippen LogP contribution in [0.2, 0.25) is 0 Å². The molecular formula is C37H66O3. The number of hydrogen-bond acceptors (Lipinski definition) is 3. The Morgan fingerprint density at radius 3 is 1.38 bits per heavy atom. The lowest BCUT2D eigenvalue weighted by Gasteiger charge is -2.06. The van der Waals surface area contributed by atoms with Crippen molar-refractivity contribution < 1.29 is 14.3 Å². The fraction of sp³-hybridized carbons (Fsp3) is 0.811. The second-order valence-electron chi connectivity index (χ2n) is 12.0. The molecule has 0 radical (unpaired) electrons. The van der Waals surface area contributed by atoms with Crippen LogP contribution in [0, 0.1) is 0 Å². The van der Waals surface area contributed by atoms with Gasteiger partial charge in [-0.05, 0) is 24.8 Å². The first kappa shape index (κ1) is 36.7. The molecule has 1 aromatic carbocycles. The minimum atomic E-state index is 0.0140.